The van der Waals surface area contributed by atoms with Gasteiger partial charge in [0.2, 0.25) is 52.9 Å². The highest BCUT2D eigenvalue weighted by molar-refractivity contribution is 5.97. The van der Waals surface area contributed by atoms with Crippen molar-refractivity contribution < 1.29 is 76.5 Å². The Morgan fingerprint density at radius 1 is 0.709 bits per heavy atom. The number of fused-ring (bicyclic) bond motifs is 5. The molecule has 0 saturated carbocycles. The lowest BCUT2D eigenvalue weighted by Gasteiger charge is -2.37. The molecule has 103 heavy (non-hydrogen) atoms. The number of hydrogen-bond acceptors (Lipinski definition) is 21. The number of aryl methyl sites for hydroxylation is 1. The first kappa shape index (κ1) is 82.7. The molecule has 32 heteroatoms. The zero-order valence-corrected chi connectivity index (χ0v) is 61.9. The van der Waals surface area contributed by atoms with E-state index in [4.69, 9.17) is 29.7 Å². The van der Waals surface area contributed by atoms with Gasteiger partial charge in [-0.15, -0.1) is 0 Å². The third kappa shape index (κ3) is 24.2. The number of nitrogens with one attached hydrogen (secondary N) is 8. The van der Waals surface area contributed by atoms with E-state index in [1.807, 2.05) is 50.2 Å². The van der Waals surface area contributed by atoms with Crippen LogP contribution in [0.3, 0.4) is 0 Å². The minimum absolute atomic E-state index is 0.00271. The second-order valence-corrected chi connectivity index (χ2v) is 28.7. The van der Waals surface area contributed by atoms with Crippen LogP contribution in [0.4, 0.5) is 9.59 Å². The Balaban J connectivity index is 0.921. The number of carbonyl (C=O) groups is 12. The van der Waals surface area contributed by atoms with Gasteiger partial charge in [0.05, 0.1) is 42.0 Å². The van der Waals surface area contributed by atoms with Gasteiger partial charge in [-0.25, -0.2) is 24.2 Å². The fourth-order valence-electron chi connectivity index (χ4n) is 12.3. The van der Waals surface area contributed by atoms with Crippen LogP contribution in [-0.2, 0) is 92.1 Å². The average molecular weight is 1440 g/mol. The van der Waals surface area contributed by atoms with Crippen molar-refractivity contribution in [3.8, 4) is 11.4 Å². The van der Waals surface area contributed by atoms with Crippen LogP contribution in [0.25, 0.3) is 22.3 Å². The van der Waals surface area contributed by atoms with Crippen LogP contribution >= 0.6 is 0 Å². The minimum Gasteiger partial charge on any atom is -0.457 e. The van der Waals surface area contributed by atoms with E-state index in [0.717, 1.165) is 22.0 Å². The summed E-state index contributed by atoms with van der Waals surface area (Å²) >= 11 is 0. The highest BCUT2D eigenvalue weighted by Crippen LogP contribution is 2.42. The van der Waals surface area contributed by atoms with Gasteiger partial charge in [-0.2, -0.15) is 0 Å². The SMILES string of the molecule is CCc1c2c(nc3ccccc13)-c1cc3c(c(=O)n1C2)COC(=O)[C@@]3(CC)OC(=O)[C@@H](NC(=O)[C@@H]1CCCN1C(=O)[C@H](CC(N)=O)NC(=O)CN(C)CCN(C)CCN(C)CCNC(=O)CCCC(=O)N[C@@H](CCC(=O)NCCNC(=O)OC(C)(C)C)C(=O)NCCNC(=O)OC(C)(C)C)C(C)C. The number of carbonyl (C=O) groups excluding carboxylic acids is 12. The third-order valence-electron chi connectivity index (χ3n) is 17.7. The largest absolute Gasteiger partial charge is 0.457 e. The Kier molecular flexibility index (Phi) is 30.3. The highest BCUT2D eigenvalue weighted by Gasteiger charge is 2.52. The van der Waals surface area contributed by atoms with E-state index in [1.165, 1.54) is 4.90 Å². The molecular formula is C71H107N15O17. The molecule has 10 N–H and O–H groups in total. The van der Waals surface area contributed by atoms with Gasteiger partial charge < -0.3 is 86.5 Å². The summed E-state index contributed by atoms with van der Waals surface area (Å²) in [6.07, 6.45) is -0.852. The Hall–Kier alpha value is -9.30. The number of nitrogens with two attached hydrogens (primary N) is 1. The fraction of sp³-hybridized carbons (Fsp3) is 0.634. The second kappa shape index (κ2) is 37.7. The number of cyclic esters (lactones) is 1. The van der Waals surface area contributed by atoms with Gasteiger partial charge in [0.1, 0.15) is 42.0 Å². The molecule has 2 aromatic heterocycles. The summed E-state index contributed by atoms with van der Waals surface area (Å²) in [4.78, 5) is 185. The van der Waals surface area contributed by atoms with Crippen LogP contribution in [0.2, 0.25) is 0 Å². The number of nitrogens with zero attached hydrogens (tertiary/aromatic N) is 6. The van der Waals surface area contributed by atoms with Gasteiger partial charge in [-0.3, -0.25) is 48.1 Å². The van der Waals surface area contributed by atoms with Crippen molar-refractivity contribution in [2.75, 3.05) is 99.7 Å². The van der Waals surface area contributed by atoms with Gasteiger partial charge in [-0.05, 0) is 125 Å². The van der Waals surface area contributed by atoms with Crippen molar-refractivity contribution in [1.29, 1.82) is 0 Å². The summed E-state index contributed by atoms with van der Waals surface area (Å²) < 4.78 is 23.8. The van der Waals surface area contributed by atoms with Crippen LogP contribution in [0, 0.1) is 5.92 Å². The number of alkyl carbamates (subject to hydrolysis) is 2. The normalized spacial score (nSPS) is 16.3. The quantitative estimate of drug-likeness (QED) is 0.0175. The van der Waals surface area contributed by atoms with Gasteiger partial charge in [0.25, 0.3) is 5.56 Å². The molecule has 1 fully saturated rings. The van der Waals surface area contributed by atoms with Crippen molar-refractivity contribution in [1.82, 2.24) is 71.7 Å². The van der Waals surface area contributed by atoms with Crippen LogP contribution in [-0.4, -0.2) is 236 Å². The van der Waals surface area contributed by atoms with E-state index in [2.05, 4.69) is 47.4 Å². The molecule has 32 nitrogen and oxygen atoms in total. The smallest absolute Gasteiger partial charge is 0.407 e. The van der Waals surface area contributed by atoms with E-state index in [1.54, 1.807) is 84.9 Å². The van der Waals surface area contributed by atoms with E-state index in [9.17, 15) is 62.3 Å². The topological polar surface area (TPSA) is 412 Å². The van der Waals surface area contributed by atoms with E-state index in [-0.39, 0.29) is 114 Å². The number of amides is 10. The van der Waals surface area contributed by atoms with Crippen LogP contribution in [0.1, 0.15) is 149 Å². The van der Waals surface area contributed by atoms with Crippen LogP contribution in [0.5, 0.6) is 0 Å². The molecule has 10 amide bonds. The number of aromatic nitrogens is 2. The lowest BCUT2D eigenvalue weighted by atomic mass is 9.85. The number of rotatable bonds is 37. The monoisotopic (exact) mass is 1440 g/mol. The van der Waals surface area contributed by atoms with Crippen molar-refractivity contribution >= 4 is 82.3 Å². The lowest BCUT2D eigenvalue weighted by molar-refractivity contribution is -0.191. The molecule has 5 atom stereocenters. The highest BCUT2D eigenvalue weighted by atomic mass is 16.6. The number of hydrogen-bond donors (Lipinski definition) is 9. The minimum atomic E-state index is -2.07. The molecule has 0 radical (unpaired) electrons. The molecule has 3 aliphatic heterocycles. The van der Waals surface area contributed by atoms with Gasteiger partial charge in [-0.1, -0.05) is 45.9 Å². The van der Waals surface area contributed by atoms with Gasteiger partial charge >= 0.3 is 24.1 Å². The number of esters is 2. The summed E-state index contributed by atoms with van der Waals surface area (Å²) in [5.41, 5.74) is 5.76. The number of para-hydroxylation sites is 1. The van der Waals surface area contributed by atoms with Crippen LogP contribution < -0.4 is 53.8 Å². The third-order valence-corrected chi connectivity index (χ3v) is 17.7. The molecule has 5 heterocycles. The number of benzene rings is 1. The van der Waals surface area contributed by atoms with Crippen molar-refractivity contribution in [3.05, 3.63) is 62.9 Å². The molecule has 3 aliphatic rings. The predicted molar refractivity (Wildman–Crippen MR) is 380 cm³/mol. The summed E-state index contributed by atoms with van der Waals surface area (Å²) in [5.74, 6) is -7.15. The summed E-state index contributed by atoms with van der Waals surface area (Å²) in [7, 11) is 5.52. The molecule has 0 unspecified atom stereocenters. The van der Waals surface area contributed by atoms with Crippen molar-refractivity contribution in [3.63, 3.8) is 0 Å². The Bertz CT molecular complexity index is 3640. The molecule has 6 rings (SSSR count). The lowest BCUT2D eigenvalue weighted by Crippen LogP contribution is -2.58. The fourth-order valence-corrected chi connectivity index (χ4v) is 12.3. The average Bonchev–Trinajstić information content (AvgIpc) is 1.70. The molecule has 568 valence electrons. The first-order valence-corrected chi connectivity index (χ1v) is 35.4. The van der Waals surface area contributed by atoms with Gasteiger partial charge in [0.15, 0.2) is 0 Å². The van der Waals surface area contributed by atoms with E-state index in [0.29, 0.717) is 63.5 Å². The summed E-state index contributed by atoms with van der Waals surface area (Å²) in [6, 6.07) is 4.38. The zero-order chi connectivity index (χ0) is 76.1. The molecule has 1 saturated heterocycles. The van der Waals surface area contributed by atoms with Crippen molar-refractivity contribution in [2.45, 2.75) is 188 Å². The Morgan fingerprint density at radius 3 is 1.91 bits per heavy atom. The molecular weight excluding hydrogens is 1330 g/mol. The van der Waals surface area contributed by atoms with Crippen molar-refractivity contribution in [2.24, 2.45) is 11.7 Å². The van der Waals surface area contributed by atoms with Gasteiger partial charge in [0, 0.05) is 108 Å². The summed E-state index contributed by atoms with van der Waals surface area (Å²) in [6.45, 7) is 20.4. The maximum absolute atomic E-state index is 14.5. The molecule has 1 aromatic carbocycles. The number of likely N-dealkylation sites (N-methyl/N-ethyl adjacent to an activating group) is 3. The summed E-state index contributed by atoms with van der Waals surface area (Å²) in [5, 5.41) is 22.3. The Morgan fingerprint density at radius 2 is 1.29 bits per heavy atom. The maximum atomic E-state index is 14.5. The molecule has 3 aromatic rings. The number of likely N-dealkylation sites (tertiary alicyclic amines) is 1. The standard InChI is InChI=1S/C71H107N15O17/c1-14-44-45-20-16-17-21-49(45)80-60-46(44)40-86-53(60)38-48-47(63(86)94)42-100-66(97)71(48,15-2)101-65(96)59(43(3)4)81-62(93)52-22-19-32-85(52)64(95)51(39-54(72)87)79-58(91)41-84(13)37-36-83(12)35-34-82(11)33-31-74-55(88)23-18-24-57(90)78-50(61(92)75-28-30-77-68(99)103-70(8,9)10)25-26-56(89)73-27-29-76-67(98)102-69(5,6)7/h16-17,20-21,38,43,50-52,59H,14-15,18-19,22-37,39-42H2,1-13H3,(H2,72,87)(H,73,89)(H,74,88)(H,75,92)(H,76,98)(H,77,99)(H,78,90)(H,79,91)(H,81,93)/t50-,51-,52-,59-,71-/m0/s1. The first-order chi connectivity index (χ1) is 48.5. The van der Waals surface area contributed by atoms with E-state index >= 15 is 0 Å². The Labute approximate surface area is 601 Å². The second-order valence-electron chi connectivity index (χ2n) is 28.7. The zero-order valence-electron chi connectivity index (χ0n) is 61.9. The maximum Gasteiger partial charge on any atom is 0.407 e. The number of primary amides is 1. The van der Waals surface area contributed by atoms with E-state index < -0.39 is 124 Å². The molecule has 0 aliphatic carbocycles. The number of pyridine rings is 2. The first-order valence-electron chi connectivity index (χ1n) is 35.4. The predicted octanol–water partition coefficient (Wildman–Crippen LogP) is 1.31. The van der Waals surface area contributed by atoms with Crippen LogP contribution in [0.15, 0.2) is 35.1 Å². The molecule has 0 bridgehead atoms. The molecule has 0 spiro atoms. The number of ether oxygens (including phenoxy) is 4.